The second-order valence-electron chi connectivity index (χ2n) is 3.03. The fourth-order valence-corrected chi connectivity index (χ4v) is 1.58. The number of pyridine rings is 1. The maximum absolute atomic E-state index is 8.42. The molecule has 0 bridgehead atoms. The van der Waals surface area contributed by atoms with E-state index in [9.17, 15) is 0 Å². The molecule has 1 aromatic heterocycles. The molecule has 15 heavy (non-hydrogen) atoms. The van der Waals surface area contributed by atoms with Gasteiger partial charge in [0.05, 0.1) is 16.6 Å². The SMILES string of the molecule is N#CC=Cc1ccc2nccc(Cl)c2c1. The van der Waals surface area contributed by atoms with Crippen LogP contribution in [0.5, 0.6) is 0 Å². The lowest BCUT2D eigenvalue weighted by Crippen LogP contribution is -1.80. The fourth-order valence-electron chi connectivity index (χ4n) is 1.37. The zero-order valence-electron chi connectivity index (χ0n) is 7.81. The van der Waals surface area contributed by atoms with Gasteiger partial charge in [-0.3, -0.25) is 4.98 Å². The normalized spacial score (nSPS) is 10.7. The summed E-state index contributed by atoms with van der Waals surface area (Å²) >= 11 is 6.03. The molecule has 1 heterocycles. The van der Waals surface area contributed by atoms with E-state index in [-0.39, 0.29) is 0 Å². The van der Waals surface area contributed by atoms with Crippen LogP contribution in [-0.2, 0) is 0 Å². The molecule has 0 aliphatic rings. The number of benzene rings is 1. The van der Waals surface area contributed by atoms with Gasteiger partial charge in [0.15, 0.2) is 0 Å². The molecule has 0 fully saturated rings. The summed E-state index contributed by atoms with van der Waals surface area (Å²) in [7, 11) is 0. The summed E-state index contributed by atoms with van der Waals surface area (Å²) in [6.07, 6.45) is 4.85. The maximum Gasteiger partial charge on any atom is 0.0912 e. The molecular weight excluding hydrogens is 208 g/mol. The van der Waals surface area contributed by atoms with Gasteiger partial charge in [-0.15, -0.1) is 0 Å². The lowest BCUT2D eigenvalue weighted by Gasteiger charge is -2.00. The van der Waals surface area contributed by atoms with E-state index in [1.54, 1.807) is 18.3 Å². The second kappa shape index (κ2) is 4.12. The number of hydrogen-bond acceptors (Lipinski definition) is 2. The highest BCUT2D eigenvalue weighted by atomic mass is 35.5. The number of halogens is 1. The zero-order chi connectivity index (χ0) is 10.7. The first-order valence-electron chi connectivity index (χ1n) is 4.42. The van der Waals surface area contributed by atoms with E-state index in [0.717, 1.165) is 16.5 Å². The molecular formula is C12H7ClN2. The molecule has 0 atom stereocenters. The van der Waals surface area contributed by atoms with Gasteiger partial charge < -0.3 is 0 Å². The lowest BCUT2D eigenvalue weighted by molar-refractivity contribution is 1.41. The standard InChI is InChI=1S/C12H7ClN2/c13-11-5-7-15-12-4-3-9(2-1-6-14)8-10(11)12/h1-5,7-8H. The molecule has 2 rings (SSSR count). The van der Waals surface area contributed by atoms with Crippen LogP contribution in [0.4, 0.5) is 0 Å². The van der Waals surface area contributed by atoms with Crippen molar-refractivity contribution in [1.82, 2.24) is 4.98 Å². The summed E-state index contributed by atoms with van der Waals surface area (Å²) in [5.74, 6) is 0. The lowest BCUT2D eigenvalue weighted by atomic mass is 10.1. The van der Waals surface area contributed by atoms with Gasteiger partial charge in [-0.1, -0.05) is 17.7 Å². The van der Waals surface area contributed by atoms with Crippen molar-refractivity contribution in [3.63, 3.8) is 0 Å². The third-order valence-electron chi connectivity index (χ3n) is 2.06. The molecule has 0 radical (unpaired) electrons. The average Bonchev–Trinajstić information content (AvgIpc) is 2.27. The molecule has 0 aliphatic heterocycles. The van der Waals surface area contributed by atoms with Crippen LogP contribution in [0.25, 0.3) is 17.0 Å². The number of allylic oxidation sites excluding steroid dienone is 1. The van der Waals surface area contributed by atoms with E-state index >= 15 is 0 Å². The summed E-state index contributed by atoms with van der Waals surface area (Å²) in [6, 6.07) is 9.41. The monoisotopic (exact) mass is 214 g/mol. The van der Waals surface area contributed by atoms with Crippen LogP contribution in [0.2, 0.25) is 5.02 Å². The first-order valence-corrected chi connectivity index (χ1v) is 4.79. The van der Waals surface area contributed by atoms with Crippen LogP contribution in [0.3, 0.4) is 0 Å². The highest BCUT2D eigenvalue weighted by molar-refractivity contribution is 6.35. The van der Waals surface area contributed by atoms with Gasteiger partial charge in [-0.05, 0) is 29.8 Å². The Morgan fingerprint density at radius 3 is 3.00 bits per heavy atom. The second-order valence-corrected chi connectivity index (χ2v) is 3.44. The predicted octanol–water partition coefficient (Wildman–Crippen LogP) is 3.42. The predicted molar refractivity (Wildman–Crippen MR) is 61.4 cm³/mol. The van der Waals surface area contributed by atoms with Crippen molar-refractivity contribution in [3.05, 3.63) is 47.1 Å². The summed E-state index contributed by atoms with van der Waals surface area (Å²) in [5.41, 5.74) is 1.80. The minimum Gasteiger partial charge on any atom is -0.256 e. The summed E-state index contributed by atoms with van der Waals surface area (Å²) in [5, 5.41) is 10.00. The van der Waals surface area contributed by atoms with Crippen LogP contribution < -0.4 is 0 Å². The van der Waals surface area contributed by atoms with Gasteiger partial charge in [-0.25, -0.2) is 0 Å². The third kappa shape index (κ3) is 1.98. The number of nitrogens with zero attached hydrogens (tertiary/aromatic N) is 2. The summed E-state index contributed by atoms with van der Waals surface area (Å²) in [6.45, 7) is 0. The molecule has 2 nitrogen and oxygen atoms in total. The number of rotatable bonds is 1. The van der Waals surface area contributed by atoms with Gasteiger partial charge in [-0.2, -0.15) is 5.26 Å². The molecule has 0 saturated carbocycles. The average molecular weight is 215 g/mol. The molecule has 0 unspecified atom stereocenters. The van der Waals surface area contributed by atoms with Crippen molar-refractivity contribution in [1.29, 1.82) is 5.26 Å². The van der Waals surface area contributed by atoms with Crippen molar-refractivity contribution in [2.75, 3.05) is 0 Å². The van der Waals surface area contributed by atoms with Crippen molar-refractivity contribution in [3.8, 4) is 6.07 Å². The molecule has 0 N–H and O–H groups in total. The number of fused-ring (bicyclic) bond motifs is 1. The van der Waals surface area contributed by atoms with Gasteiger partial charge in [0, 0.05) is 17.7 Å². The van der Waals surface area contributed by atoms with E-state index < -0.39 is 0 Å². The molecule has 2 aromatic rings. The Labute approximate surface area is 92.4 Å². The highest BCUT2D eigenvalue weighted by Crippen LogP contribution is 2.22. The molecule has 1 aromatic carbocycles. The van der Waals surface area contributed by atoms with Gasteiger partial charge in [0.2, 0.25) is 0 Å². The van der Waals surface area contributed by atoms with E-state index in [0.29, 0.717) is 5.02 Å². The maximum atomic E-state index is 8.42. The van der Waals surface area contributed by atoms with Gasteiger partial charge in [0.1, 0.15) is 0 Å². The quantitative estimate of drug-likeness (QED) is 0.682. The Bertz CT molecular complexity index is 567. The molecule has 0 amide bonds. The Hall–Kier alpha value is -1.85. The molecule has 0 aliphatic carbocycles. The van der Waals surface area contributed by atoms with Crippen LogP contribution >= 0.6 is 11.6 Å². The van der Waals surface area contributed by atoms with Gasteiger partial charge in [0.25, 0.3) is 0 Å². The summed E-state index contributed by atoms with van der Waals surface area (Å²) < 4.78 is 0. The third-order valence-corrected chi connectivity index (χ3v) is 2.39. The number of nitriles is 1. The van der Waals surface area contributed by atoms with E-state index in [1.165, 1.54) is 6.08 Å². The summed E-state index contributed by atoms with van der Waals surface area (Å²) in [4.78, 5) is 4.19. The zero-order valence-corrected chi connectivity index (χ0v) is 8.57. The Morgan fingerprint density at radius 2 is 2.20 bits per heavy atom. The fraction of sp³-hybridized carbons (Fsp3) is 0. The number of hydrogen-bond donors (Lipinski definition) is 0. The largest absolute Gasteiger partial charge is 0.256 e. The molecule has 72 valence electrons. The number of aromatic nitrogens is 1. The van der Waals surface area contributed by atoms with Crippen LogP contribution in [0.1, 0.15) is 5.56 Å². The molecule has 3 heteroatoms. The van der Waals surface area contributed by atoms with Crippen molar-refractivity contribution >= 4 is 28.6 Å². The van der Waals surface area contributed by atoms with Crippen LogP contribution in [0.15, 0.2) is 36.5 Å². The van der Waals surface area contributed by atoms with Crippen molar-refractivity contribution < 1.29 is 0 Å². The smallest absolute Gasteiger partial charge is 0.0912 e. The van der Waals surface area contributed by atoms with Crippen LogP contribution in [0, 0.1) is 11.3 Å². The van der Waals surface area contributed by atoms with Crippen molar-refractivity contribution in [2.45, 2.75) is 0 Å². The van der Waals surface area contributed by atoms with Crippen molar-refractivity contribution in [2.24, 2.45) is 0 Å². The highest BCUT2D eigenvalue weighted by Gasteiger charge is 1.99. The first-order chi connectivity index (χ1) is 7.31. The van der Waals surface area contributed by atoms with E-state index in [2.05, 4.69) is 4.98 Å². The van der Waals surface area contributed by atoms with E-state index in [4.69, 9.17) is 16.9 Å². The van der Waals surface area contributed by atoms with E-state index in [1.807, 2.05) is 24.3 Å². The topological polar surface area (TPSA) is 36.7 Å². The Balaban J connectivity index is 2.60. The molecule has 0 saturated heterocycles. The van der Waals surface area contributed by atoms with Gasteiger partial charge >= 0.3 is 0 Å². The Morgan fingerprint density at radius 1 is 1.33 bits per heavy atom. The first kappa shape index (κ1) is 9.70. The minimum absolute atomic E-state index is 0.673. The van der Waals surface area contributed by atoms with Crippen LogP contribution in [-0.4, -0.2) is 4.98 Å². The minimum atomic E-state index is 0.673. The molecule has 0 spiro atoms. The Kier molecular flexibility index (Phi) is 2.66.